The summed E-state index contributed by atoms with van der Waals surface area (Å²) in [5, 5.41) is 5.60. The Balaban J connectivity index is 1.80. The molecule has 0 spiro atoms. The van der Waals surface area contributed by atoms with Gasteiger partial charge in [0.05, 0.1) is 6.04 Å². The van der Waals surface area contributed by atoms with Crippen molar-refractivity contribution in [3.8, 4) is 0 Å². The summed E-state index contributed by atoms with van der Waals surface area (Å²) in [6.45, 7) is 4.89. The van der Waals surface area contributed by atoms with Crippen LogP contribution in [-0.2, 0) is 22.6 Å². The normalized spacial score (nSPS) is 11.8. The summed E-state index contributed by atoms with van der Waals surface area (Å²) in [6.07, 6.45) is 0.746. The van der Waals surface area contributed by atoms with Gasteiger partial charge in [0.25, 0.3) is 0 Å². The number of nitrogens with one attached hydrogen (secondary N) is 2. The van der Waals surface area contributed by atoms with Gasteiger partial charge in [0.2, 0.25) is 5.91 Å². The van der Waals surface area contributed by atoms with Gasteiger partial charge in [-0.25, -0.2) is 4.79 Å². The molecule has 2 aromatic rings. The van der Waals surface area contributed by atoms with Crippen molar-refractivity contribution in [1.82, 2.24) is 10.6 Å². The zero-order valence-corrected chi connectivity index (χ0v) is 16.0. The third-order valence-corrected chi connectivity index (χ3v) is 4.11. The summed E-state index contributed by atoms with van der Waals surface area (Å²) < 4.78 is 5.13. The molecule has 2 amide bonds. The Bertz CT molecular complexity index is 702. The van der Waals surface area contributed by atoms with Gasteiger partial charge in [-0.05, 0) is 36.4 Å². The Morgan fingerprint density at radius 3 is 2.11 bits per heavy atom. The largest absolute Gasteiger partial charge is 0.444 e. The van der Waals surface area contributed by atoms with Crippen LogP contribution in [0.25, 0.3) is 0 Å². The van der Waals surface area contributed by atoms with E-state index in [1.807, 2.05) is 62.4 Å². The van der Waals surface area contributed by atoms with Crippen LogP contribution >= 0.6 is 0 Å². The van der Waals surface area contributed by atoms with Gasteiger partial charge in [0, 0.05) is 0 Å². The van der Waals surface area contributed by atoms with Gasteiger partial charge in [0.15, 0.2) is 0 Å². The van der Waals surface area contributed by atoms with E-state index in [4.69, 9.17) is 4.74 Å². The smallest absolute Gasteiger partial charge is 0.414 e. The number of imide groups is 1. The summed E-state index contributed by atoms with van der Waals surface area (Å²) in [5.74, 6) is -0.0277. The highest BCUT2D eigenvalue weighted by molar-refractivity contribution is 5.94. The molecule has 0 aliphatic rings. The zero-order chi connectivity index (χ0) is 19.5. The van der Waals surface area contributed by atoms with Crippen LogP contribution in [0.3, 0.4) is 0 Å². The molecule has 144 valence electrons. The summed E-state index contributed by atoms with van der Waals surface area (Å²) in [5.41, 5.74) is 2.08. The molecule has 0 unspecified atom stereocenters. The summed E-state index contributed by atoms with van der Waals surface area (Å²) in [7, 11) is 0. The minimum absolute atomic E-state index is 0.135. The van der Waals surface area contributed by atoms with Crippen LogP contribution < -0.4 is 10.6 Å². The molecule has 27 heavy (non-hydrogen) atoms. The highest BCUT2D eigenvalue weighted by Gasteiger charge is 2.21. The second-order valence-corrected chi connectivity index (χ2v) is 6.92. The summed E-state index contributed by atoms with van der Waals surface area (Å²) >= 11 is 0. The molecule has 0 saturated heterocycles. The quantitative estimate of drug-likeness (QED) is 0.708. The predicted octanol–water partition coefficient (Wildman–Crippen LogP) is 3.69. The molecule has 0 radical (unpaired) electrons. The van der Waals surface area contributed by atoms with E-state index in [9.17, 15) is 9.59 Å². The van der Waals surface area contributed by atoms with E-state index in [0.717, 1.165) is 12.0 Å². The van der Waals surface area contributed by atoms with Gasteiger partial charge in [-0.2, -0.15) is 0 Å². The van der Waals surface area contributed by atoms with Crippen LogP contribution in [0.4, 0.5) is 4.79 Å². The first-order valence-electron chi connectivity index (χ1n) is 9.33. The van der Waals surface area contributed by atoms with Crippen molar-refractivity contribution < 1.29 is 14.3 Å². The number of hydrogen-bond donors (Lipinski definition) is 2. The molecule has 5 heteroatoms. The Morgan fingerprint density at radius 1 is 0.926 bits per heavy atom. The molecule has 0 aromatic heterocycles. The fourth-order valence-corrected chi connectivity index (χ4v) is 2.74. The number of ether oxygens (including phenoxy) is 1. The number of rotatable bonds is 9. The van der Waals surface area contributed by atoms with Crippen molar-refractivity contribution in [2.75, 3.05) is 6.54 Å². The predicted molar refractivity (Wildman–Crippen MR) is 106 cm³/mol. The van der Waals surface area contributed by atoms with Gasteiger partial charge in [-0.1, -0.05) is 74.5 Å². The van der Waals surface area contributed by atoms with Crippen LogP contribution in [0.5, 0.6) is 0 Å². The van der Waals surface area contributed by atoms with Crippen LogP contribution in [0.1, 0.15) is 31.4 Å². The number of carbonyl (C=O) groups excluding carboxylic acids is 2. The van der Waals surface area contributed by atoms with E-state index >= 15 is 0 Å². The van der Waals surface area contributed by atoms with Crippen molar-refractivity contribution in [3.05, 3.63) is 71.8 Å². The number of hydrogen-bond acceptors (Lipinski definition) is 4. The maximum atomic E-state index is 12.5. The Kier molecular flexibility index (Phi) is 8.52. The number of carbonyl (C=O) groups is 2. The third-order valence-electron chi connectivity index (χ3n) is 4.11. The molecular formula is C22H28N2O3. The van der Waals surface area contributed by atoms with Gasteiger partial charge in [-0.3, -0.25) is 10.1 Å². The zero-order valence-electron chi connectivity index (χ0n) is 16.0. The maximum Gasteiger partial charge on any atom is 0.414 e. The van der Waals surface area contributed by atoms with E-state index in [2.05, 4.69) is 22.8 Å². The Labute approximate surface area is 161 Å². The SMILES string of the molecule is CC(C)C[C@H](NCCc1ccccc1)C(=O)NC(=O)OCc1ccccc1. The summed E-state index contributed by atoms with van der Waals surface area (Å²) in [6, 6.07) is 19.0. The minimum Gasteiger partial charge on any atom is -0.444 e. The highest BCUT2D eigenvalue weighted by atomic mass is 16.5. The topological polar surface area (TPSA) is 67.4 Å². The van der Waals surface area contributed by atoms with E-state index in [1.165, 1.54) is 5.56 Å². The van der Waals surface area contributed by atoms with Crippen molar-refractivity contribution in [2.24, 2.45) is 5.92 Å². The van der Waals surface area contributed by atoms with E-state index in [-0.39, 0.29) is 12.5 Å². The monoisotopic (exact) mass is 368 g/mol. The Morgan fingerprint density at radius 2 is 1.52 bits per heavy atom. The second-order valence-electron chi connectivity index (χ2n) is 6.92. The van der Waals surface area contributed by atoms with Gasteiger partial charge in [-0.15, -0.1) is 0 Å². The lowest BCUT2D eigenvalue weighted by Crippen LogP contribution is -2.47. The third kappa shape index (κ3) is 8.05. The molecule has 0 aliphatic heterocycles. The van der Waals surface area contributed by atoms with Crippen LogP contribution in [0.2, 0.25) is 0 Å². The molecule has 0 aliphatic carbocycles. The fourth-order valence-electron chi connectivity index (χ4n) is 2.74. The summed E-state index contributed by atoms with van der Waals surface area (Å²) in [4.78, 5) is 24.4. The van der Waals surface area contributed by atoms with Crippen molar-refractivity contribution in [3.63, 3.8) is 0 Å². The standard InChI is InChI=1S/C22H28N2O3/c1-17(2)15-20(23-14-13-18-9-5-3-6-10-18)21(25)24-22(26)27-16-19-11-7-4-8-12-19/h3-12,17,20,23H,13-16H2,1-2H3,(H,24,25,26)/t20-/m0/s1. The minimum atomic E-state index is -0.720. The number of benzene rings is 2. The average Bonchev–Trinajstić information content (AvgIpc) is 2.67. The van der Waals surface area contributed by atoms with Crippen LogP contribution in [0.15, 0.2) is 60.7 Å². The molecule has 2 N–H and O–H groups in total. The van der Waals surface area contributed by atoms with E-state index in [1.54, 1.807) is 0 Å². The molecule has 1 atom stereocenters. The first kappa shape index (κ1) is 20.6. The molecule has 0 heterocycles. The molecule has 0 saturated carbocycles. The van der Waals surface area contributed by atoms with Crippen LogP contribution in [0, 0.1) is 5.92 Å². The molecule has 2 rings (SSSR count). The number of alkyl carbamates (subject to hydrolysis) is 1. The highest BCUT2D eigenvalue weighted by Crippen LogP contribution is 2.07. The second kappa shape index (κ2) is 11.1. The molecule has 0 fully saturated rings. The molecule has 2 aromatic carbocycles. The Hall–Kier alpha value is -2.66. The molecular weight excluding hydrogens is 340 g/mol. The first-order valence-corrected chi connectivity index (χ1v) is 9.33. The van der Waals surface area contributed by atoms with Gasteiger partial charge in [0.1, 0.15) is 6.61 Å². The van der Waals surface area contributed by atoms with E-state index in [0.29, 0.717) is 18.9 Å². The van der Waals surface area contributed by atoms with Gasteiger partial charge >= 0.3 is 6.09 Å². The first-order chi connectivity index (χ1) is 13.0. The lowest BCUT2D eigenvalue weighted by Gasteiger charge is -2.19. The molecule has 5 nitrogen and oxygen atoms in total. The van der Waals surface area contributed by atoms with Crippen molar-refractivity contribution in [2.45, 2.75) is 39.3 Å². The van der Waals surface area contributed by atoms with E-state index < -0.39 is 12.1 Å². The van der Waals surface area contributed by atoms with Crippen molar-refractivity contribution >= 4 is 12.0 Å². The maximum absolute atomic E-state index is 12.5. The lowest BCUT2D eigenvalue weighted by molar-refractivity contribution is -0.122. The van der Waals surface area contributed by atoms with Crippen molar-refractivity contribution in [1.29, 1.82) is 0 Å². The molecule has 0 bridgehead atoms. The fraction of sp³-hybridized carbons (Fsp3) is 0.364. The van der Waals surface area contributed by atoms with Crippen LogP contribution in [-0.4, -0.2) is 24.6 Å². The number of amides is 2. The van der Waals surface area contributed by atoms with Gasteiger partial charge < -0.3 is 10.1 Å². The lowest BCUT2D eigenvalue weighted by atomic mass is 10.0. The average molecular weight is 368 g/mol.